The van der Waals surface area contributed by atoms with E-state index in [0.717, 1.165) is 58.3 Å². The lowest BCUT2D eigenvalue weighted by molar-refractivity contribution is 0.173. The normalized spacial score (nSPS) is 33.2. The summed E-state index contributed by atoms with van der Waals surface area (Å²) >= 11 is 0. The fourth-order valence-electron chi connectivity index (χ4n) is 3.77. The maximum atomic E-state index is 11.8. The Hall–Kier alpha value is -0.130. The highest BCUT2D eigenvalue weighted by Gasteiger charge is 2.34. The van der Waals surface area contributed by atoms with E-state index in [1.807, 2.05) is 0 Å². The van der Waals surface area contributed by atoms with E-state index < -0.39 is 9.84 Å². The van der Waals surface area contributed by atoms with Crippen LogP contribution in [0.5, 0.6) is 0 Å². The summed E-state index contributed by atoms with van der Waals surface area (Å²) in [5.74, 6) is 1.15. The van der Waals surface area contributed by atoms with Crippen LogP contribution in [-0.2, 0) is 14.6 Å². The van der Waals surface area contributed by atoms with Crippen molar-refractivity contribution in [3.63, 3.8) is 0 Å². The van der Waals surface area contributed by atoms with Crippen molar-refractivity contribution < 1.29 is 13.2 Å². The molecular formula is C15H29NO3S. The molecule has 1 aliphatic carbocycles. The molecule has 0 amide bonds. The zero-order valence-corrected chi connectivity index (χ0v) is 13.6. The molecule has 1 heterocycles. The molecule has 2 aliphatic rings. The molecular weight excluding hydrogens is 274 g/mol. The minimum Gasteiger partial charge on any atom is -0.381 e. The molecule has 0 aromatic carbocycles. The Kier molecular flexibility index (Phi) is 5.87. The van der Waals surface area contributed by atoms with Crippen LogP contribution in [0.2, 0.25) is 0 Å². The third-order valence-electron chi connectivity index (χ3n) is 4.92. The van der Waals surface area contributed by atoms with Gasteiger partial charge in [0.2, 0.25) is 0 Å². The SMILES string of the molecule is CCNC(CC1CCOC1)C1CCCC(S(C)(=O)=O)C1. The van der Waals surface area contributed by atoms with Crippen molar-refractivity contribution >= 4 is 9.84 Å². The predicted octanol–water partition coefficient (Wildman–Crippen LogP) is 1.99. The minimum absolute atomic E-state index is 0.123. The molecule has 4 nitrogen and oxygen atoms in total. The van der Waals surface area contributed by atoms with Crippen molar-refractivity contribution in [2.75, 3.05) is 26.0 Å². The molecule has 1 saturated carbocycles. The molecule has 0 radical (unpaired) electrons. The number of hydrogen-bond donors (Lipinski definition) is 1. The van der Waals surface area contributed by atoms with Crippen LogP contribution >= 0.6 is 0 Å². The predicted molar refractivity (Wildman–Crippen MR) is 81.6 cm³/mol. The molecule has 2 rings (SSSR count). The highest BCUT2D eigenvalue weighted by Crippen LogP contribution is 2.33. The quantitative estimate of drug-likeness (QED) is 0.815. The summed E-state index contributed by atoms with van der Waals surface area (Å²) in [6.07, 6.45) is 7.58. The first-order valence-corrected chi connectivity index (χ1v) is 9.96. The third kappa shape index (κ3) is 4.43. The van der Waals surface area contributed by atoms with Crippen LogP contribution in [-0.4, -0.2) is 45.7 Å². The van der Waals surface area contributed by atoms with E-state index in [2.05, 4.69) is 12.2 Å². The van der Waals surface area contributed by atoms with Crippen molar-refractivity contribution in [3.05, 3.63) is 0 Å². The second-order valence-electron chi connectivity index (χ2n) is 6.51. The van der Waals surface area contributed by atoms with E-state index in [0.29, 0.717) is 17.9 Å². The summed E-state index contributed by atoms with van der Waals surface area (Å²) in [6, 6.07) is 0.455. The van der Waals surface area contributed by atoms with Crippen molar-refractivity contribution in [2.24, 2.45) is 11.8 Å². The Morgan fingerprint density at radius 2 is 2.10 bits per heavy atom. The van der Waals surface area contributed by atoms with Crippen LogP contribution in [0.25, 0.3) is 0 Å². The smallest absolute Gasteiger partial charge is 0.150 e. The molecule has 4 atom stereocenters. The molecule has 0 aromatic rings. The van der Waals surface area contributed by atoms with E-state index in [1.165, 1.54) is 6.26 Å². The van der Waals surface area contributed by atoms with Crippen LogP contribution in [0, 0.1) is 11.8 Å². The Morgan fingerprint density at radius 1 is 1.30 bits per heavy atom. The van der Waals surface area contributed by atoms with Gasteiger partial charge < -0.3 is 10.1 Å². The Labute approximate surface area is 123 Å². The first-order chi connectivity index (χ1) is 9.50. The average molecular weight is 303 g/mol. The number of sulfone groups is 1. The highest BCUT2D eigenvalue weighted by molar-refractivity contribution is 7.91. The summed E-state index contributed by atoms with van der Waals surface area (Å²) < 4.78 is 29.1. The average Bonchev–Trinajstić information content (AvgIpc) is 2.90. The lowest BCUT2D eigenvalue weighted by atomic mass is 9.80. The summed E-state index contributed by atoms with van der Waals surface area (Å²) in [6.45, 7) is 4.86. The molecule has 2 fully saturated rings. The first-order valence-electron chi connectivity index (χ1n) is 8.00. The fraction of sp³-hybridized carbons (Fsp3) is 1.00. The molecule has 0 spiro atoms. The van der Waals surface area contributed by atoms with Gasteiger partial charge in [-0.05, 0) is 50.5 Å². The van der Waals surface area contributed by atoms with E-state index in [9.17, 15) is 8.42 Å². The van der Waals surface area contributed by atoms with Gasteiger partial charge in [-0.15, -0.1) is 0 Å². The van der Waals surface area contributed by atoms with Gasteiger partial charge in [0, 0.05) is 25.5 Å². The maximum Gasteiger partial charge on any atom is 0.150 e. The van der Waals surface area contributed by atoms with Crippen LogP contribution in [0.1, 0.15) is 45.4 Å². The first kappa shape index (κ1) is 16.2. The third-order valence-corrected chi connectivity index (χ3v) is 6.56. The number of hydrogen-bond acceptors (Lipinski definition) is 4. The molecule has 1 saturated heterocycles. The lowest BCUT2D eigenvalue weighted by Crippen LogP contribution is -2.42. The molecule has 118 valence electrons. The van der Waals surface area contributed by atoms with Gasteiger partial charge in [0.1, 0.15) is 9.84 Å². The van der Waals surface area contributed by atoms with Crippen molar-refractivity contribution in [2.45, 2.75) is 56.7 Å². The second kappa shape index (κ2) is 7.23. The molecule has 0 aromatic heterocycles. The van der Waals surface area contributed by atoms with E-state index in [4.69, 9.17) is 4.74 Å². The molecule has 20 heavy (non-hydrogen) atoms. The largest absolute Gasteiger partial charge is 0.381 e. The molecule has 1 aliphatic heterocycles. The van der Waals surface area contributed by atoms with E-state index in [-0.39, 0.29) is 5.25 Å². The maximum absolute atomic E-state index is 11.8. The standard InChI is InChI=1S/C15H29NO3S/c1-3-16-15(9-12-7-8-19-11-12)13-5-4-6-14(10-13)20(2,17)18/h12-16H,3-11H2,1-2H3. The minimum atomic E-state index is -2.89. The number of nitrogens with one attached hydrogen (secondary N) is 1. The zero-order valence-electron chi connectivity index (χ0n) is 12.8. The van der Waals surface area contributed by atoms with Gasteiger partial charge in [0.25, 0.3) is 0 Å². The topological polar surface area (TPSA) is 55.4 Å². The van der Waals surface area contributed by atoms with E-state index >= 15 is 0 Å². The van der Waals surface area contributed by atoms with Gasteiger partial charge in [-0.3, -0.25) is 0 Å². The van der Waals surface area contributed by atoms with Crippen molar-refractivity contribution in [1.29, 1.82) is 0 Å². The number of ether oxygens (including phenoxy) is 1. The van der Waals surface area contributed by atoms with Gasteiger partial charge in [-0.1, -0.05) is 13.3 Å². The van der Waals surface area contributed by atoms with Crippen LogP contribution in [0.3, 0.4) is 0 Å². The van der Waals surface area contributed by atoms with Crippen LogP contribution < -0.4 is 5.32 Å². The summed E-state index contributed by atoms with van der Waals surface area (Å²) in [4.78, 5) is 0. The monoisotopic (exact) mass is 303 g/mol. The van der Waals surface area contributed by atoms with Gasteiger partial charge in [0.15, 0.2) is 0 Å². The molecule has 1 N–H and O–H groups in total. The second-order valence-corrected chi connectivity index (χ2v) is 8.83. The number of rotatable bonds is 6. The Balaban J connectivity index is 1.96. The van der Waals surface area contributed by atoms with Crippen LogP contribution in [0.4, 0.5) is 0 Å². The molecule has 4 unspecified atom stereocenters. The Bertz CT molecular complexity index is 390. The van der Waals surface area contributed by atoms with E-state index in [1.54, 1.807) is 0 Å². The van der Waals surface area contributed by atoms with Crippen molar-refractivity contribution in [3.8, 4) is 0 Å². The zero-order chi connectivity index (χ0) is 14.6. The molecule has 5 heteroatoms. The van der Waals surface area contributed by atoms with Crippen molar-refractivity contribution in [1.82, 2.24) is 5.32 Å². The summed E-state index contributed by atoms with van der Waals surface area (Å²) in [5, 5.41) is 3.48. The lowest BCUT2D eigenvalue weighted by Gasteiger charge is -2.35. The summed E-state index contributed by atoms with van der Waals surface area (Å²) in [7, 11) is -2.89. The van der Waals surface area contributed by atoms with Gasteiger partial charge >= 0.3 is 0 Å². The summed E-state index contributed by atoms with van der Waals surface area (Å²) in [5.41, 5.74) is 0. The molecule has 0 bridgehead atoms. The van der Waals surface area contributed by atoms with Gasteiger partial charge in [-0.25, -0.2) is 8.42 Å². The fourth-order valence-corrected chi connectivity index (χ4v) is 4.96. The highest BCUT2D eigenvalue weighted by atomic mass is 32.2. The van der Waals surface area contributed by atoms with Gasteiger partial charge in [-0.2, -0.15) is 0 Å². The van der Waals surface area contributed by atoms with Gasteiger partial charge in [0.05, 0.1) is 5.25 Å². The Morgan fingerprint density at radius 3 is 2.70 bits per heavy atom. The van der Waals surface area contributed by atoms with Crippen LogP contribution in [0.15, 0.2) is 0 Å².